The Hall–Kier alpha value is -1.83. The van der Waals surface area contributed by atoms with Crippen molar-refractivity contribution < 1.29 is 24.2 Å². The first-order valence-electron chi connectivity index (χ1n) is 6.39. The lowest BCUT2D eigenvalue weighted by molar-refractivity contribution is -0.139. The van der Waals surface area contributed by atoms with Crippen LogP contribution < -0.4 is 16.0 Å². The van der Waals surface area contributed by atoms with E-state index in [9.17, 15) is 14.4 Å². The highest BCUT2D eigenvalue weighted by Crippen LogP contribution is 2.04. The predicted molar refractivity (Wildman–Crippen MR) is 72.3 cm³/mol. The van der Waals surface area contributed by atoms with E-state index in [1.54, 1.807) is 0 Å². The number of nitrogens with one attached hydrogen (secondary N) is 3. The van der Waals surface area contributed by atoms with E-state index in [1.807, 2.05) is 13.8 Å². The Morgan fingerprint density at radius 2 is 1.85 bits per heavy atom. The van der Waals surface area contributed by atoms with Crippen LogP contribution in [0.2, 0.25) is 0 Å². The number of urea groups is 1. The molecule has 20 heavy (non-hydrogen) atoms. The minimum absolute atomic E-state index is 0.133. The molecule has 8 heteroatoms. The van der Waals surface area contributed by atoms with E-state index in [-0.39, 0.29) is 18.4 Å². The van der Waals surface area contributed by atoms with Gasteiger partial charge in [0, 0.05) is 13.7 Å². The Morgan fingerprint density at radius 1 is 1.20 bits per heavy atom. The van der Waals surface area contributed by atoms with Crippen molar-refractivity contribution in [1.29, 1.82) is 0 Å². The molecule has 0 aromatic heterocycles. The molecule has 3 amide bonds. The van der Waals surface area contributed by atoms with Crippen LogP contribution in [0.3, 0.4) is 0 Å². The molecule has 1 atom stereocenters. The zero-order valence-corrected chi connectivity index (χ0v) is 12.1. The molecule has 0 aliphatic rings. The molecule has 0 fully saturated rings. The second-order valence-corrected chi connectivity index (χ2v) is 4.69. The van der Waals surface area contributed by atoms with Gasteiger partial charge in [-0.1, -0.05) is 13.8 Å². The maximum absolute atomic E-state index is 11.5. The van der Waals surface area contributed by atoms with Crippen LogP contribution in [-0.4, -0.2) is 55.9 Å². The van der Waals surface area contributed by atoms with E-state index in [1.165, 1.54) is 7.11 Å². The van der Waals surface area contributed by atoms with Crippen molar-refractivity contribution in [2.75, 3.05) is 26.8 Å². The van der Waals surface area contributed by atoms with Crippen molar-refractivity contribution in [3.63, 3.8) is 0 Å². The number of rotatable bonds is 9. The molecule has 4 N–H and O–H groups in total. The maximum Gasteiger partial charge on any atom is 0.326 e. The molecule has 0 heterocycles. The van der Waals surface area contributed by atoms with Crippen molar-refractivity contribution in [2.24, 2.45) is 5.92 Å². The van der Waals surface area contributed by atoms with Crippen LogP contribution in [0, 0.1) is 5.92 Å². The summed E-state index contributed by atoms with van der Waals surface area (Å²) < 4.78 is 4.75. The van der Waals surface area contributed by atoms with Crippen LogP contribution in [0.15, 0.2) is 0 Å². The van der Waals surface area contributed by atoms with Gasteiger partial charge in [0.1, 0.15) is 6.04 Å². The molecule has 0 spiro atoms. The lowest BCUT2D eigenvalue weighted by Gasteiger charge is -2.16. The molecule has 8 nitrogen and oxygen atoms in total. The Balaban J connectivity index is 4.01. The molecule has 0 aromatic carbocycles. The van der Waals surface area contributed by atoms with Gasteiger partial charge in [-0.2, -0.15) is 0 Å². The Morgan fingerprint density at radius 3 is 2.35 bits per heavy atom. The number of carboxylic acid groups (broad SMARTS) is 1. The number of methoxy groups -OCH3 is 1. The molecule has 0 radical (unpaired) electrons. The van der Waals surface area contributed by atoms with Gasteiger partial charge in [-0.3, -0.25) is 4.79 Å². The van der Waals surface area contributed by atoms with Crippen molar-refractivity contribution in [1.82, 2.24) is 16.0 Å². The number of carboxylic acids is 1. The van der Waals surface area contributed by atoms with Crippen LogP contribution in [0.1, 0.15) is 20.3 Å². The Kier molecular flexibility index (Phi) is 9.10. The number of hydrogen-bond donors (Lipinski definition) is 4. The highest BCUT2D eigenvalue weighted by Gasteiger charge is 2.21. The molecular formula is C12H23N3O5. The van der Waals surface area contributed by atoms with Gasteiger partial charge < -0.3 is 25.8 Å². The maximum atomic E-state index is 11.5. The highest BCUT2D eigenvalue weighted by atomic mass is 16.5. The summed E-state index contributed by atoms with van der Waals surface area (Å²) in [4.78, 5) is 33.7. The van der Waals surface area contributed by atoms with E-state index in [2.05, 4.69) is 16.0 Å². The van der Waals surface area contributed by atoms with E-state index in [4.69, 9.17) is 9.84 Å². The molecule has 0 saturated carbocycles. The van der Waals surface area contributed by atoms with E-state index in [0.717, 1.165) is 0 Å². The van der Waals surface area contributed by atoms with E-state index in [0.29, 0.717) is 19.6 Å². The van der Waals surface area contributed by atoms with Gasteiger partial charge in [0.15, 0.2) is 0 Å². The predicted octanol–water partition coefficient (Wildman–Crippen LogP) is -0.452. The number of amides is 3. The Labute approximate surface area is 118 Å². The second-order valence-electron chi connectivity index (χ2n) is 4.69. The summed E-state index contributed by atoms with van der Waals surface area (Å²) in [6, 6.07) is -1.65. The van der Waals surface area contributed by atoms with Gasteiger partial charge in [-0.15, -0.1) is 0 Å². The fraction of sp³-hybridized carbons (Fsp3) is 0.750. The van der Waals surface area contributed by atoms with Gasteiger partial charge in [-0.05, 0) is 12.3 Å². The van der Waals surface area contributed by atoms with Crippen LogP contribution in [-0.2, 0) is 14.3 Å². The van der Waals surface area contributed by atoms with Gasteiger partial charge in [0.05, 0.1) is 13.2 Å². The standard InChI is InChI=1S/C12H23N3O5/c1-8(2)6-9(11(17)18)15-12(19)14-7-10(16)13-4-5-20-3/h8-9H,4-7H2,1-3H3,(H,13,16)(H,17,18)(H2,14,15,19)/t9-/m0/s1. The monoisotopic (exact) mass is 289 g/mol. The summed E-state index contributed by atoms with van der Waals surface area (Å²) in [5.74, 6) is -1.33. The smallest absolute Gasteiger partial charge is 0.326 e. The minimum Gasteiger partial charge on any atom is -0.480 e. The summed E-state index contributed by atoms with van der Waals surface area (Å²) in [5.41, 5.74) is 0. The molecule has 0 aliphatic heterocycles. The summed E-state index contributed by atoms with van der Waals surface area (Å²) in [7, 11) is 1.51. The molecule has 0 aliphatic carbocycles. The Bertz CT molecular complexity index is 333. The third-order valence-electron chi connectivity index (χ3n) is 2.35. The lowest BCUT2D eigenvalue weighted by Crippen LogP contribution is -2.49. The van der Waals surface area contributed by atoms with Gasteiger partial charge in [-0.25, -0.2) is 9.59 Å². The number of aliphatic carboxylic acids is 1. The molecule has 0 unspecified atom stereocenters. The number of ether oxygens (including phenoxy) is 1. The van der Waals surface area contributed by atoms with Gasteiger partial charge >= 0.3 is 12.0 Å². The first kappa shape index (κ1) is 18.2. The van der Waals surface area contributed by atoms with Crippen LogP contribution in [0.5, 0.6) is 0 Å². The van der Waals surface area contributed by atoms with Crippen molar-refractivity contribution in [3.8, 4) is 0 Å². The van der Waals surface area contributed by atoms with Crippen molar-refractivity contribution >= 4 is 17.9 Å². The van der Waals surface area contributed by atoms with Crippen molar-refractivity contribution in [2.45, 2.75) is 26.3 Å². The summed E-state index contributed by atoms with van der Waals surface area (Å²) in [6.45, 7) is 4.23. The number of carbonyl (C=O) groups excluding carboxylic acids is 2. The van der Waals surface area contributed by atoms with Gasteiger partial charge in [0.2, 0.25) is 5.91 Å². The topological polar surface area (TPSA) is 117 Å². The van der Waals surface area contributed by atoms with Gasteiger partial charge in [0.25, 0.3) is 0 Å². The normalized spacial score (nSPS) is 11.8. The first-order chi connectivity index (χ1) is 9.36. The van der Waals surface area contributed by atoms with E-state index < -0.39 is 18.0 Å². The average Bonchev–Trinajstić information content (AvgIpc) is 2.35. The fourth-order valence-electron chi connectivity index (χ4n) is 1.42. The van der Waals surface area contributed by atoms with E-state index >= 15 is 0 Å². The summed E-state index contributed by atoms with van der Waals surface area (Å²) >= 11 is 0. The zero-order valence-electron chi connectivity index (χ0n) is 12.1. The lowest BCUT2D eigenvalue weighted by atomic mass is 10.0. The summed E-state index contributed by atoms with van der Waals surface area (Å²) in [6.07, 6.45) is 0.322. The van der Waals surface area contributed by atoms with Crippen LogP contribution in [0.4, 0.5) is 4.79 Å². The molecule has 0 saturated heterocycles. The van der Waals surface area contributed by atoms with Crippen LogP contribution in [0.25, 0.3) is 0 Å². The largest absolute Gasteiger partial charge is 0.480 e. The molecule has 0 rings (SSSR count). The van der Waals surface area contributed by atoms with Crippen molar-refractivity contribution in [3.05, 3.63) is 0 Å². The summed E-state index contributed by atoms with van der Waals surface area (Å²) in [5, 5.41) is 16.1. The first-order valence-corrected chi connectivity index (χ1v) is 6.39. The quantitative estimate of drug-likeness (QED) is 0.429. The zero-order chi connectivity index (χ0) is 15.5. The number of carbonyl (C=O) groups is 3. The fourth-order valence-corrected chi connectivity index (χ4v) is 1.42. The number of hydrogen-bond acceptors (Lipinski definition) is 4. The van der Waals surface area contributed by atoms with Crippen LogP contribution >= 0.6 is 0 Å². The highest BCUT2D eigenvalue weighted by molar-refractivity contribution is 5.86. The molecule has 0 aromatic rings. The molecule has 0 bridgehead atoms. The molecular weight excluding hydrogens is 266 g/mol. The third kappa shape index (κ3) is 9.15. The third-order valence-corrected chi connectivity index (χ3v) is 2.35. The average molecular weight is 289 g/mol. The SMILES string of the molecule is COCCNC(=O)CNC(=O)N[C@@H](CC(C)C)C(=O)O. The molecule has 116 valence electrons. The minimum atomic E-state index is -1.10. The second kappa shape index (κ2) is 10.0.